The van der Waals surface area contributed by atoms with Crippen LogP contribution in [0.3, 0.4) is 0 Å². The van der Waals surface area contributed by atoms with Gasteiger partial charge in [0.25, 0.3) is 0 Å². The lowest BCUT2D eigenvalue weighted by molar-refractivity contribution is 1.19. The number of fused-ring (bicyclic) bond motifs is 2. The Morgan fingerprint density at radius 3 is 1.67 bits per heavy atom. The van der Waals surface area contributed by atoms with Crippen molar-refractivity contribution in [3.63, 3.8) is 0 Å². The topological polar surface area (TPSA) is 29.0 Å². The van der Waals surface area contributed by atoms with Gasteiger partial charge in [-0.1, -0.05) is 103 Å². The summed E-state index contributed by atoms with van der Waals surface area (Å²) in [6.07, 6.45) is 3.72. The Morgan fingerprint density at radius 2 is 1.03 bits per heavy atom. The van der Waals surface area contributed by atoms with Crippen LogP contribution in [0, 0.1) is 0 Å². The molecular formula is C36H25N3. The molecule has 2 aromatic heterocycles. The fourth-order valence-corrected chi connectivity index (χ4v) is 5.45. The summed E-state index contributed by atoms with van der Waals surface area (Å²) in [6, 6.07) is 48.6. The number of benzene rings is 5. The highest BCUT2D eigenvalue weighted by Crippen LogP contribution is 2.47. The van der Waals surface area contributed by atoms with E-state index in [1.165, 1.54) is 5.56 Å². The molecule has 0 saturated heterocycles. The smallest absolute Gasteiger partial charge is 0.137 e. The predicted octanol–water partition coefficient (Wildman–Crippen LogP) is 9.59. The minimum absolute atomic E-state index is 0.864. The number of nitrogens with zero attached hydrogens (tertiary/aromatic N) is 3. The summed E-state index contributed by atoms with van der Waals surface area (Å²) in [6.45, 7) is 0. The average Bonchev–Trinajstić information content (AvgIpc) is 3.02. The van der Waals surface area contributed by atoms with Gasteiger partial charge in [0, 0.05) is 34.4 Å². The molecule has 0 unspecified atom stereocenters. The molecule has 7 aromatic rings. The third-order valence-corrected chi connectivity index (χ3v) is 7.14. The van der Waals surface area contributed by atoms with Gasteiger partial charge in [0.1, 0.15) is 5.82 Å². The minimum atomic E-state index is 0.864. The van der Waals surface area contributed by atoms with Crippen molar-refractivity contribution < 1.29 is 0 Å². The maximum atomic E-state index is 4.84. The highest BCUT2D eigenvalue weighted by Gasteiger charge is 2.23. The fraction of sp³-hybridized carbons (Fsp3) is 0. The molecule has 7 rings (SSSR count). The van der Waals surface area contributed by atoms with Crippen LogP contribution in [0.5, 0.6) is 0 Å². The van der Waals surface area contributed by atoms with Crippen LogP contribution in [0.2, 0.25) is 0 Å². The van der Waals surface area contributed by atoms with Crippen molar-refractivity contribution in [2.24, 2.45) is 0 Å². The van der Waals surface area contributed by atoms with Gasteiger partial charge in [0.2, 0.25) is 0 Å². The van der Waals surface area contributed by atoms with E-state index in [0.717, 1.165) is 55.6 Å². The second kappa shape index (κ2) is 9.88. The lowest BCUT2D eigenvalue weighted by atomic mass is 9.92. The molecule has 2 heterocycles. The highest BCUT2D eigenvalue weighted by atomic mass is 15.2. The number of anilines is 3. The Bertz CT molecular complexity index is 1840. The van der Waals surface area contributed by atoms with Crippen LogP contribution in [-0.2, 0) is 0 Å². The average molecular weight is 500 g/mol. The molecule has 0 aliphatic carbocycles. The fourth-order valence-electron chi connectivity index (χ4n) is 5.45. The van der Waals surface area contributed by atoms with E-state index in [9.17, 15) is 0 Å². The maximum Gasteiger partial charge on any atom is 0.137 e. The molecule has 0 fully saturated rings. The number of aromatic nitrogens is 2. The van der Waals surface area contributed by atoms with Gasteiger partial charge < -0.3 is 0 Å². The summed E-state index contributed by atoms with van der Waals surface area (Å²) in [7, 11) is 0. The second-order valence-electron chi connectivity index (χ2n) is 9.47. The van der Waals surface area contributed by atoms with Gasteiger partial charge in [-0.05, 0) is 58.3 Å². The zero-order valence-corrected chi connectivity index (χ0v) is 21.3. The van der Waals surface area contributed by atoms with Crippen molar-refractivity contribution >= 4 is 38.7 Å². The van der Waals surface area contributed by atoms with Crippen LogP contribution in [0.25, 0.3) is 43.9 Å². The van der Waals surface area contributed by atoms with Crippen molar-refractivity contribution in [2.75, 3.05) is 4.90 Å². The molecule has 5 aromatic carbocycles. The first-order valence-corrected chi connectivity index (χ1v) is 13.1. The summed E-state index contributed by atoms with van der Waals surface area (Å²) in [4.78, 5) is 11.9. The van der Waals surface area contributed by atoms with E-state index in [4.69, 9.17) is 9.97 Å². The van der Waals surface area contributed by atoms with Crippen molar-refractivity contribution in [3.05, 3.63) is 152 Å². The lowest BCUT2D eigenvalue weighted by Gasteiger charge is -2.28. The van der Waals surface area contributed by atoms with Gasteiger partial charge in [-0.15, -0.1) is 0 Å². The first-order valence-electron chi connectivity index (χ1n) is 13.1. The zero-order valence-electron chi connectivity index (χ0n) is 21.3. The van der Waals surface area contributed by atoms with E-state index >= 15 is 0 Å². The molecule has 39 heavy (non-hydrogen) atoms. The standard InChI is InChI=1S/C36H25N3/c1-2-13-26(14-3-1)27-15-12-16-28(25-27)39(34-22-9-11-24-38-34)36-31-19-6-4-17-29(31)35(33-21-8-10-23-37-33)30-18-5-7-20-32(30)36/h1-25H. The van der Waals surface area contributed by atoms with Gasteiger partial charge in [0.15, 0.2) is 0 Å². The largest absolute Gasteiger partial charge is 0.294 e. The molecule has 0 aliphatic heterocycles. The summed E-state index contributed by atoms with van der Waals surface area (Å²) >= 11 is 0. The quantitative estimate of drug-likeness (QED) is 0.221. The van der Waals surface area contributed by atoms with Gasteiger partial charge in [-0.3, -0.25) is 9.88 Å². The molecule has 0 saturated carbocycles. The van der Waals surface area contributed by atoms with Gasteiger partial charge in [0.05, 0.1) is 11.4 Å². The Labute approximate surface area is 227 Å². The lowest BCUT2D eigenvalue weighted by Crippen LogP contribution is -2.13. The molecule has 184 valence electrons. The van der Waals surface area contributed by atoms with E-state index in [1.54, 1.807) is 0 Å². The number of rotatable bonds is 5. The third-order valence-electron chi connectivity index (χ3n) is 7.14. The molecule has 0 bridgehead atoms. The summed E-state index contributed by atoms with van der Waals surface area (Å²) in [5, 5.41) is 4.61. The van der Waals surface area contributed by atoms with Crippen LogP contribution >= 0.6 is 0 Å². The Hall–Kier alpha value is -5.28. The molecular weight excluding hydrogens is 474 g/mol. The first kappa shape index (κ1) is 22.9. The van der Waals surface area contributed by atoms with E-state index < -0.39 is 0 Å². The Balaban J connectivity index is 1.58. The summed E-state index contributed by atoms with van der Waals surface area (Å²) in [5.41, 5.74) is 6.60. The van der Waals surface area contributed by atoms with Crippen LogP contribution in [0.1, 0.15) is 0 Å². The van der Waals surface area contributed by atoms with Crippen LogP contribution < -0.4 is 4.90 Å². The molecule has 0 N–H and O–H groups in total. The molecule has 0 atom stereocenters. The molecule has 3 nitrogen and oxygen atoms in total. The zero-order chi connectivity index (χ0) is 26.0. The molecule has 0 amide bonds. The second-order valence-corrected chi connectivity index (χ2v) is 9.47. The number of hydrogen-bond donors (Lipinski definition) is 0. The monoisotopic (exact) mass is 499 g/mol. The highest BCUT2D eigenvalue weighted by molar-refractivity contribution is 6.21. The molecule has 0 radical (unpaired) electrons. The SMILES string of the molecule is c1ccc(-c2cccc(N(c3ccccn3)c3c4ccccc4c(-c4ccccn4)c4ccccc34)c2)cc1. The van der Waals surface area contributed by atoms with E-state index in [0.29, 0.717) is 0 Å². The minimum Gasteiger partial charge on any atom is -0.294 e. The Morgan fingerprint density at radius 1 is 0.436 bits per heavy atom. The van der Waals surface area contributed by atoms with Crippen molar-refractivity contribution in [3.8, 4) is 22.4 Å². The summed E-state index contributed by atoms with van der Waals surface area (Å²) in [5.74, 6) is 0.864. The van der Waals surface area contributed by atoms with Crippen LogP contribution in [0.15, 0.2) is 152 Å². The molecule has 0 spiro atoms. The third kappa shape index (κ3) is 4.11. The first-order chi connectivity index (χ1) is 19.4. The summed E-state index contributed by atoms with van der Waals surface area (Å²) < 4.78 is 0. The van der Waals surface area contributed by atoms with Crippen molar-refractivity contribution in [2.45, 2.75) is 0 Å². The maximum absolute atomic E-state index is 4.84. The van der Waals surface area contributed by atoms with E-state index in [2.05, 4.69) is 126 Å². The van der Waals surface area contributed by atoms with Crippen molar-refractivity contribution in [1.82, 2.24) is 9.97 Å². The van der Waals surface area contributed by atoms with E-state index in [1.807, 2.05) is 30.6 Å². The predicted molar refractivity (Wildman–Crippen MR) is 163 cm³/mol. The van der Waals surface area contributed by atoms with Gasteiger partial charge in [-0.2, -0.15) is 0 Å². The van der Waals surface area contributed by atoms with Crippen molar-refractivity contribution in [1.29, 1.82) is 0 Å². The molecule has 3 heteroatoms. The molecule has 0 aliphatic rings. The normalized spacial score (nSPS) is 11.1. The van der Waals surface area contributed by atoms with Crippen LogP contribution in [0.4, 0.5) is 17.2 Å². The van der Waals surface area contributed by atoms with E-state index in [-0.39, 0.29) is 0 Å². The van der Waals surface area contributed by atoms with Gasteiger partial charge in [-0.25, -0.2) is 4.98 Å². The van der Waals surface area contributed by atoms with Gasteiger partial charge >= 0.3 is 0 Å². The Kier molecular flexibility index (Phi) is 5.80. The number of pyridine rings is 2. The number of hydrogen-bond acceptors (Lipinski definition) is 3. The van der Waals surface area contributed by atoms with Crippen LogP contribution in [-0.4, -0.2) is 9.97 Å².